The molecule has 30 heavy (non-hydrogen) atoms. The van der Waals surface area contributed by atoms with E-state index in [1.54, 1.807) is 18.6 Å². The van der Waals surface area contributed by atoms with Gasteiger partial charge in [0.15, 0.2) is 5.78 Å². The van der Waals surface area contributed by atoms with Crippen molar-refractivity contribution in [3.05, 3.63) is 88.5 Å². The van der Waals surface area contributed by atoms with Gasteiger partial charge in [-0.15, -0.1) is 6.42 Å². The summed E-state index contributed by atoms with van der Waals surface area (Å²) >= 11 is 0. The number of allylic oxidation sites excluding steroid dienone is 4. The number of carbonyl (C=O) groups excluding carboxylic acids is 1. The summed E-state index contributed by atoms with van der Waals surface area (Å²) in [5.74, 6) is 2.83. The van der Waals surface area contributed by atoms with Gasteiger partial charge in [-0.3, -0.25) is 4.79 Å². The van der Waals surface area contributed by atoms with Crippen LogP contribution < -0.4 is 0 Å². The molecule has 0 spiro atoms. The molecular weight excluding hydrogens is 364 g/mol. The summed E-state index contributed by atoms with van der Waals surface area (Å²) in [5, 5.41) is 0. The Bertz CT molecular complexity index is 971. The summed E-state index contributed by atoms with van der Waals surface area (Å²) in [5.41, 5.74) is 7.71. The first-order chi connectivity index (χ1) is 14.3. The van der Waals surface area contributed by atoms with Gasteiger partial charge in [0.05, 0.1) is 0 Å². The van der Waals surface area contributed by atoms with Gasteiger partial charge < -0.3 is 0 Å². The lowest BCUT2D eigenvalue weighted by Gasteiger charge is -2.35. The van der Waals surface area contributed by atoms with E-state index < -0.39 is 0 Å². The molecule has 156 valence electrons. The lowest BCUT2D eigenvalue weighted by molar-refractivity contribution is -0.112. The number of carbonyl (C=O) groups is 1. The third kappa shape index (κ3) is 6.33. The van der Waals surface area contributed by atoms with Gasteiger partial charge in [0.2, 0.25) is 0 Å². The Morgan fingerprint density at radius 3 is 2.30 bits per heavy atom. The lowest BCUT2D eigenvalue weighted by Crippen LogP contribution is -2.25. The van der Waals surface area contributed by atoms with Crippen molar-refractivity contribution in [2.45, 2.75) is 65.7 Å². The molecule has 0 amide bonds. The van der Waals surface area contributed by atoms with E-state index in [-0.39, 0.29) is 5.78 Å². The lowest BCUT2D eigenvalue weighted by atomic mass is 9.69. The van der Waals surface area contributed by atoms with Crippen molar-refractivity contribution >= 4 is 11.4 Å². The van der Waals surface area contributed by atoms with Crippen LogP contribution in [0.3, 0.4) is 0 Å². The molecule has 1 nitrogen and oxygen atoms in total. The molecule has 1 fully saturated rings. The highest BCUT2D eigenvalue weighted by Crippen LogP contribution is 2.41. The number of aryl methyl sites for hydroxylation is 1. The van der Waals surface area contributed by atoms with E-state index in [0.29, 0.717) is 5.41 Å². The molecular formula is C29H34O. The van der Waals surface area contributed by atoms with Gasteiger partial charge in [0, 0.05) is 5.56 Å². The fourth-order valence-electron chi connectivity index (χ4n) is 4.08. The molecule has 1 aliphatic rings. The van der Waals surface area contributed by atoms with E-state index in [9.17, 15) is 4.79 Å². The number of hydrogen-bond acceptors (Lipinski definition) is 1. The molecule has 0 saturated heterocycles. The van der Waals surface area contributed by atoms with Crippen LogP contribution in [0, 0.1) is 19.3 Å². The Balaban J connectivity index is 0.000000222. The highest BCUT2D eigenvalue weighted by Gasteiger charge is 2.30. The average Bonchev–Trinajstić information content (AvgIpc) is 2.74. The maximum Gasteiger partial charge on any atom is 0.152 e. The molecule has 1 heteroatoms. The van der Waals surface area contributed by atoms with Gasteiger partial charge >= 0.3 is 0 Å². The first-order valence-corrected chi connectivity index (χ1v) is 10.7. The molecule has 0 heterocycles. The third-order valence-corrected chi connectivity index (χ3v) is 6.12. The zero-order valence-corrected chi connectivity index (χ0v) is 19.1. The van der Waals surface area contributed by atoms with Crippen LogP contribution >= 0.6 is 0 Å². The van der Waals surface area contributed by atoms with Crippen LogP contribution in [0.1, 0.15) is 75.6 Å². The van der Waals surface area contributed by atoms with Gasteiger partial charge in [-0.05, 0) is 99.3 Å². The predicted molar refractivity (Wildman–Crippen MR) is 129 cm³/mol. The minimum Gasteiger partial charge on any atom is -0.295 e. The molecule has 0 atom stereocenters. The summed E-state index contributed by atoms with van der Waals surface area (Å²) in [6.45, 7) is 10.1. The van der Waals surface area contributed by atoms with E-state index in [1.165, 1.54) is 36.8 Å². The van der Waals surface area contributed by atoms with Crippen LogP contribution in [-0.2, 0) is 10.2 Å². The van der Waals surface area contributed by atoms with Crippen molar-refractivity contribution in [3.63, 3.8) is 0 Å². The van der Waals surface area contributed by atoms with Crippen LogP contribution in [0.15, 0.2) is 66.3 Å². The minimum atomic E-state index is 0.0979. The number of terminal acetylenes is 1. The molecule has 0 unspecified atom stereocenters. The zero-order valence-electron chi connectivity index (χ0n) is 19.1. The summed E-state index contributed by atoms with van der Waals surface area (Å²) in [6.07, 6.45) is 14.4. The third-order valence-electron chi connectivity index (χ3n) is 6.12. The van der Waals surface area contributed by atoms with Crippen molar-refractivity contribution in [2.75, 3.05) is 0 Å². The molecule has 3 rings (SSSR count). The molecule has 0 N–H and O–H groups in total. The van der Waals surface area contributed by atoms with Crippen LogP contribution in [0.5, 0.6) is 0 Å². The largest absolute Gasteiger partial charge is 0.295 e. The van der Waals surface area contributed by atoms with E-state index in [0.717, 1.165) is 16.7 Å². The number of rotatable bonds is 3. The molecule has 0 aromatic heterocycles. The molecule has 0 radical (unpaired) electrons. The standard InChI is InChI=1S/C17H20.C12H14O/c1-4-14-9-11-17(3,12-10-14)16-8-6-7-15(5-2)13-16;1-9-6-4-5-7-12(9)10(2)8-11(3)13/h2,4,6-8,13H,9-12H2,1,3H3;4-8H,1-3H3/b;10-8-. The quantitative estimate of drug-likeness (QED) is 0.298. The van der Waals surface area contributed by atoms with Crippen molar-refractivity contribution in [1.82, 2.24) is 0 Å². The Morgan fingerprint density at radius 1 is 1.07 bits per heavy atom. The number of ketones is 1. The Kier molecular flexibility index (Phi) is 8.43. The average molecular weight is 399 g/mol. The van der Waals surface area contributed by atoms with Crippen molar-refractivity contribution in [1.29, 1.82) is 0 Å². The van der Waals surface area contributed by atoms with E-state index in [4.69, 9.17) is 6.42 Å². The summed E-state index contributed by atoms with van der Waals surface area (Å²) in [7, 11) is 0. The van der Waals surface area contributed by atoms with Crippen LogP contribution in [0.25, 0.3) is 5.57 Å². The van der Waals surface area contributed by atoms with Gasteiger partial charge in [0.25, 0.3) is 0 Å². The van der Waals surface area contributed by atoms with E-state index >= 15 is 0 Å². The maximum atomic E-state index is 10.9. The summed E-state index contributed by atoms with van der Waals surface area (Å²) < 4.78 is 0. The molecule has 0 aliphatic heterocycles. The summed E-state index contributed by atoms with van der Waals surface area (Å²) in [4.78, 5) is 10.9. The first kappa shape index (κ1) is 23.4. The second-order valence-electron chi connectivity index (χ2n) is 8.49. The van der Waals surface area contributed by atoms with Crippen molar-refractivity contribution in [3.8, 4) is 12.3 Å². The van der Waals surface area contributed by atoms with Gasteiger partial charge in [-0.1, -0.05) is 60.9 Å². The van der Waals surface area contributed by atoms with Crippen LogP contribution in [0.4, 0.5) is 0 Å². The number of benzene rings is 2. The Morgan fingerprint density at radius 2 is 1.73 bits per heavy atom. The Hall–Kier alpha value is -2.85. The van der Waals surface area contributed by atoms with E-state index in [1.807, 2.05) is 44.2 Å². The van der Waals surface area contributed by atoms with Crippen LogP contribution in [0.2, 0.25) is 0 Å². The van der Waals surface area contributed by atoms with Gasteiger partial charge in [-0.2, -0.15) is 0 Å². The van der Waals surface area contributed by atoms with Gasteiger partial charge in [-0.25, -0.2) is 0 Å². The topological polar surface area (TPSA) is 17.1 Å². The normalized spacial score (nSPS) is 18.7. The smallest absolute Gasteiger partial charge is 0.152 e. The number of hydrogen-bond donors (Lipinski definition) is 0. The second-order valence-corrected chi connectivity index (χ2v) is 8.49. The van der Waals surface area contributed by atoms with E-state index in [2.05, 4.69) is 44.0 Å². The second kappa shape index (κ2) is 10.8. The highest BCUT2D eigenvalue weighted by molar-refractivity contribution is 5.94. The fraction of sp³-hybridized carbons (Fsp3) is 0.345. The minimum absolute atomic E-state index is 0.0979. The van der Waals surface area contributed by atoms with Crippen molar-refractivity contribution < 1.29 is 4.79 Å². The molecule has 1 saturated carbocycles. The first-order valence-electron chi connectivity index (χ1n) is 10.7. The molecule has 1 aliphatic carbocycles. The zero-order chi connectivity index (χ0) is 22.1. The van der Waals surface area contributed by atoms with Crippen LogP contribution in [-0.4, -0.2) is 5.78 Å². The van der Waals surface area contributed by atoms with Gasteiger partial charge in [0.1, 0.15) is 0 Å². The SMILES string of the molecule is C#Cc1cccc(C2(C)CCC(=CC)CC2)c1.CC(=O)/C=C(/C)c1ccccc1C. The summed E-state index contributed by atoms with van der Waals surface area (Å²) in [6, 6.07) is 16.6. The Labute approximate surface area is 182 Å². The molecule has 2 aromatic rings. The highest BCUT2D eigenvalue weighted by atomic mass is 16.1. The molecule has 2 aromatic carbocycles. The predicted octanol–water partition coefficient (Wildman–Crippen LogP) is 7.43. The fourth-order valence-corrected chi connectivity index (χ4v) is 4.08. The van der Waals surface area contributed by atoms with Crippen molar-refractivity contribution in [2.24, 2.45) is 0 Å². The monoisotopic (exact) mass is 398 g/mol. The molecule has 0 bridgehead atoms. The maximum absolute atomic E-state index is 10.9.